The Morgan fingerprint density at radius 1 is 1.22 bits per heavy atom. The van der Waals surface area contributed by atoms with Crippen molar-refractivity contribution in [3.8, 4) is 11.5 Å². The van der Waals surface area contributed by atoms with E-state index < -0.39 is 17.6 Å². The molecular weight excluding hydrogens is 375 g/mol. The lowest BCUT2D eigenvalue weighted by atomic mass is 10.2. The summed E-state index contributed by atoms with van der Waals surface area (Å²) in [7, 11) is 1.48. The lowest BCUT2D eigenvalue weighted by molar-refractivity contribution is -0.117. The van der Waals surface area contributed by atoms with Crippen LogP contribution in [0.2, 0.25) is 5.02 Å². The summed E-state index contributed by atoms with van der Waals surface area (Å²) in [5.41, 5.74) is 4.72. The van der Waals surface area contributed by atoms with Gasteiger partial charge in [0.15, 0.2) is 11.5 Å². The van der Waals surface area contributed by atoms with Crippen molar-refractivity contribution in [3.05, 3.63) is 64.4 Å². The van der Waals surface area contributed by atoms with Crippen LogP contribution in [0.4, 0.5) is 4.39 Å². The van der Waals surface area contributed by atoms with Crippen LogP contribution in [0, 0.1) is 5.82 Å². The minimum atomic E-state index is -0.763. The monoisotopic (exact) mass is 392 g/mol. The molecule has 2 rings (SSSR count). The third-order valence-corrected chi connectivity index (χ3v) is 3.67. The standard InChI is InChI=1S/C19H18ClFN2O4/c1-3-27-18-14(20)10-12(11-16(18)26-2)8-9-17(24)22-23-19(25)13-6-4-5-7-15(13)21/h4-11H,3H2,1-2H3,(H,22,24)(H,23,25)/b9-8+. The number of methoxy groups -OCH3 is 1. The maximum atomic E-state index is 13.5. The number of hydrogen-bond donors (Lipinski definition) is 2. The minimum Gasteiger partial charge on any atom is -0.493 e. The van der Waals surface area contributed by atoms with E-state index in [0.717, 1.165) is 6.07 Å². The summed E-state index contributed by atoms with van der Waals surface area (Å²) in [6.07, 6.45) is 2.67. The number of ether oxygens (including phenoxy) is 2. The first-order valence-corrected chi connectivity index (χ1v) is 8.37. The van der Waals surface area contributed by atoms with Crippen LogP contribution < -0.4 is 20.3 Å². The van der Waals surface area contributed by atoms with E-state index >= 15 is 0 Å². The Balaban J connectivity index is 2.01. The number of amides is 2. The summed E-state index contributed by atoms with van der Waals surface area (Å²) >= 11 is 6.16. The molecule has 27 heavy (non-hydrogen) atoms. The van der Waals surface area contributed by atoms with Crippen molar-refractivity contribution in [2.75, 3.05) is 13.7 Å². The summed E-state index contributed by atoms with van der Waals surface area (Å²) in [5, 5.41) is 0.337. The van der Waals surface area contributed by atoms with E-state index in [1.165, 1.54) is 37.5 Å². The van der Waals surface area contributed by atoms with Gasteiger partial charge in [-0.25, -0.2) is 4.39 Å². The highest BCUT2D eigenvalue weighted by Gasteiger charge is 2.12. The van der Waals surface area contributed by atoms with Crippen molar-refractivity contribution in [2.24, 2.45) is 0 Å². The van der Waals surface area contributed by atoms with Gasteiger partial charge in [-0.05, 0) is 42.8 Å². The fourth-order valence-corrected chi connectivity index (χ4v) is 2.44. The number of carbonyl (C=O) groups is 2. The molecule has 8 heteroatoms. The van der Waals surface area contributed by atoms with Gasteiger partial charge in [0.25, 0.3) is 11.8 Å². The zero-order valence-electron chi connectivity index (χ0n) is 14.7. The predicted octanol–water partition coefficient (Wildman–Crippen LogP) is 3.36. The average Bonchev–Trinajstić information content (AvgIpc) is 2.66. The number of hydrazine groups is 1. The second-order valence-corrected chi connectivity index (χ2v) is 5.63. The first-order valence-electron chi connectivity index (χ1n) is 7.99. The lowest BCUT2D eigenvalue weighted by Crippen LogP contribution is -2.41. The molecule has 0 atom stereocenters. The van der Waals surface area contributed by atoms with Gasteiger partial charge >= 0.3 is 0 Å². The molecule has 142 valence electrons. The molecule has 0 aliphatic heterocycles. The first kappa shape index (κ1) is 20.3. The molecular formula is C19H18ClFN2O4. The van der Waals surface area contributed by atoms with Crippen LogP contribution in [0.15, 0.2) is 42.5 Å². The van der Waals surface area contributed by atoms with Gasteiger partial charge in [-0.15, -0.1) is 0 Å². The molecule has 2 aromatic rings. The lowest BCUT2D eigenvalue weighted by Gasteiger charge is -2.11. The van der Waals surface area contributed by atoms with Crippen molar-refractivity contribution in [1.29, 1.82) is 0 Å². The van der Waals surface area contributed by atoms with Gasteiger partial charge in [0.1, 0.15) is 5.82 Å². The summed E-state index contributed by atoms with van der Waals surface area (Å²) in [4.78, 5) is 23.7. The number of benzene rings is 2. The molecule has 2 N–H and O–H groups in total. The fourth-order valence-electron chi connectivity index (χ4n) is 2.17. The molecule has 0 aliphatic rings. The SMILES string of the molecule is CCOc1c(Cl)cc(/C=C/C(=O)NNC(=O)c2ccccc2F)cc1OC. The van der Waals surface area contributed by atoms with Crippen LogP contribution in [0.1, 0.15) is 22.8 Å². The van der Waals surface area contributed by atoms with Crippen LogP contribution in [0.3, 0.4) is 0 Å². The molecule has 0 unspecified atom stereocenters. The predicted molar refractivity (Wildman–Crippen MR) is 100 cm³/mol. The fraction of sp³-hybridized carbons (Fsp3) is 0.158. The normalized spacial score (nSPS) is 10.5. The molecule has 0 fully saturated rings. The topological polar surface area (TPSA) is 76.7 Å². The van der Waals surface area contributed by atoms with E-state index in [0.29, 0.717) is 28.7 Å². The molecule has 0 radical (unpaired) electrons. The molecule has 0 saturated carbocycles. The molecule has 2 aromatic carbocycles. The summed E-state index contributed by atoms with van der Waals surface area (Å²) in [5.74, 6) is -1.21. The van der Waals surface area contributed by atoms with Crippen LogP contribution in [0.25, 0.3) is 6.08 Å². The zero-order valence-corrected chi connectivity index (χ0v) is 15.5. The van der Waals surface area contributed by atoms with Crippen LogP contribution in [0.5, 0.6) is 11.5 Å². The number of halogens is 2. The third kappa shape index (κ3) is 5.46. The van der Waals surface area contributed by atoms with E-state index in [2.05, 4.69) is 10.9 Å². The van der Waals surface area contributed by atoms with Gasteiger partial charge in [0, 0.05) is 6.08 Å². The van der Waals surface area contributed by atoms with E-state index in [9.17, 15) is 14.0 Å². The third-order valence-electron chi connectivity index (χ3n) is 3.39. The number of nitrogens with one attached hydrogen (secondary N) is 2. The van der Waals surface area contributed by atoms with Crippen LogP contribution in [-0.4, -0.2) is 25.5 Å². The second kappa shape index (κ2) is 9.59. The van der Waals surface area contributed by atoms with Crippen molar-refractivity contribution in [2.45, 2.75) is 6.92 Å². The van der Waals surface area contributed by atoms with Crippen molar-refractivity contribution < 1.29 is 23.5 Å². The Morgan fingerprint density at radius 2 is 1.96 bits per heavy atom. The highest BCUT2D eigenvalue weighted by atomic mass is 35.5. The van der Waals surface area contributed by atoms with Crippen molar-refractivity contribution >= 4 is 29.5 Å². The Morgan fingerprint density at radius 3 is 2.63 bits per heavy atom. The highest BCUT2D eigenvalue weighted by Crippen LogP contribution is 2.36. The van der Waals surface area contributed by atoms with Gasteiger partial charge in [-0.3, -0.25) is 20.4 Å². The van der Waals surface area contributed by atoms with Crippen LogP contribution >= 0.6 is 11.6 Å². The van der Waals surface area contributed by atoms with Crippen LogP contribution in [-0.2, 0) is 4.79 Å². The quantitative estimate of drug-likeness (QED) is 0.583. The summed E-state index contributed by atoms with van der Waals surface area (Å²) in [6.45, 7) is 2.25. The van der Waals surface area contributed by atoms with E-state index in [-0.39, 0.29) is 5.56 Å². The largest absolute Gasteiger partial charge is 0.493 e. The Labute approximate surface area is 160 Å². The maximum Gasteiger partial charge on any atom is 0.272 e. The smallest absolute Gasteiger partial charge is 0.272 e. The summed E-state index contributed by atoms with van der Waals surface area (Å²) < 4.78 is 24.2. The minimum absolute atomic E-state index is 0.176. The summed E-state index contributed by atoms with van der Waals surface area (Å²) in [6, 6.07) is 8.70. The zero-order chi connectivity index (χ0) is 19.8. The Bertz CT molecular complexity index is 871. The van der Waals surface area contributed by atoms with Gasteiger partial charge in [-0.1, -0.05) is 23.7 Å². The molecule has 0 bridgehead atoms. The highest BCUT2D eigenvalue weighted by molar-refractivity contribution is 6.32. The van der Waals surface area contributed by atoms with Crippen molar-refractivity contribution in [3.63, 3.8) is 0 Å². The molecule has 0 aromatic heterocycles. The van der Waals surface area contributed by atoms with Gasteiger partial charge in [0.2, 0.25) is 0 Å². The van der Waals surface area contributed by atoms with Gasteiger partial charge < -0.3 is 9.47 Å². The molecule has 0 heterocycles. The second-order valence-electron chi connectivity index (χ2n) is 5.22. The molecule has 2 amide bonds. The molecule has 6 nitrogen and oxygen atoms in total. The Kier molecular flexibility index (Phi) is 7.19. The van der Waals surface area contributed by atoms with E-state index in [1.807, 2.05) is 6.92 Å². The molecule has 0 saturated heterocycles. The number of carbonyl (C=O) groups excluding carboxylic acids is 2. The van der Waals surface area contributed by atoms with Gasteiger partial charge in [-0.2, -0.15) is 0 Å². The van der Waals surface area contributed by atoms with Crippen molar-refractivity contribution in [1.82, 2.24) is 10.9 Å². The first-order chi connectivity index (χ1) is 13.0. The molecule has 0 spiro atoms. The van der Waals surface area contributed by atoms with E-state index in [1.54, 1.807) is 12.1 Å². The number of rotatable bonds is 6. The number of hydrogen-bond acceptors (Lipinski definition) is 4. The van der Waals surface area contributed by atoms with Gasteiger partial charge in [0.05, 0.1) is 24.3 Å². The Hall–Kier alpha value is -3.06. The van der Waals surface area contributed by atoms with E-state index in [4.69, 9.17) is 21.1 Å². The average molecular weight is 393 g/mol. The maximum absolute atomic E-state index is 13.5. The molecule has 0 aliphatic carbocycles.